The van der Waals surface area contributed by atoms with Gasteiger partial charge in [0.25, 0.3) is 5.91 Å². The second kappa shape index (κ2) is 5.91. The van der Waals surface area contributed by atoms with Crippen molar-refractivity contribution in [2.24, 2.45) is 5.92 Å². The second-order valence-corrected chi connectivity index (χ2v) is 6.47. The van der Waals surface area contributed by atoms with Crippen LogP contribution in [0.25, 0.3) is 5.65 Å². The summed E-state index contributed by atoms with van der Waals surface area (Å²) in [4.78, 5) is 16.8. The molecule has 0 aromatic carbocycles. The Labute approximate surface area is 133 Å². The van der Waals surface area contributed by atoms with Gasteiger partial charge in [-0.3, -0.25) is 4.79 Å². The normalized spacial score (nSPS) is 18.3. The number of carbonyl (C=O) groups excluding carboxylic acids is 1. The van der Waals surface area contributed by atoms with Gasteiger partial charge in [-0.25, -0.2) is 13.8 Å². The summed E-state index contributed by atoms with van der Waals surface area (Å²) < 4.78 is 28.2. The monoisotopic (exact) mass is 321 g/mol. The van der Waals surface area contributed by atoms with Crippen molar-refractivity contribution in [1.29, 1.82) is 0 Å². The van der Waals surface area contributed by atoms with Crippen LogP contribution in [0, 0.1) is 19.8 Å². The largest absolute Gasteiger partial charge is 0.352 e. The third-order valence-electron chi connectivity index (χ3n) is 4.57. The third-order valence-corrected chi connectivity index (χ3v) is 4.57. The minimum absolute atomic E-state index is 0.0807. The van der Waals surface area contributed by atoms with Gasteiger partial charge in [0.2, 0.25) is 5.92 Å². The Morgan fingerprint density at radius 1 is 1.39 bits per heavy atom. The lowest BCUT2D eigenvalue weighted by Crippen LogP contribution is -2.33. The molecule has 0 radical (unpaired) electrons. The van der Waals surface area contributed by atoms with Gasteiger partial charge in [-0.05, 0) is 44.7 Å². The zero-order valence-electron chi connectivity index (χ0n) is 13.4. The van der Waals surface area contributed by atoms with Crippen LogP contribution in [-0.2, 0) is 0 Å². The van der Waals surface area contributed by atoms with Gasteiger partial charge in [0.15, 0.2) is 0 Å². The predicted octanol–water partition coefficient (Wildman–Crippen LogP) is 3.51. The average molecular weight is 321 g/mol. The fraction of sp³-hybridized carbons (Fsp3) is 0.529. The highest BCUT2D eigenvalue weighted by Crippen LogP contribution is 2.35. The number of alkyl halides is 2. The van der Waals surface area contributed by atoms with Crippen molar-refractivity contribution in [3.05, 3.63) is 35.3 Å². The topological polar surface area (TPSA) is 46.4 Å². The summed E-state index contributed by atoms with van der Waals surface area (Å²) in [5.74, 6) is -2.59. The van der Waals surface area contributed by atoms with E-state index < -0.39 is 5.92 Å². The van der Waals surface area contributed by atoms with Crippen LogP contribution in [0.5, 0.6) is 0 Å². The maximum atomic E-state index is 13.2. The summed E-state index contributed by atoms with van der Waals surface area (Å²) in [6.45, 7) is 4.30. The van der Waals surface area contributed by atoms with E-state index in [-0.39, 0.29) is 24.7 Å². The van der Waals surface area contributed by atoms with Crippen LogP contribution in [0.2, 0.25) is 0 Å². The van der Waals surface area contributed by atoms with Crippen molar-refractivity contribution in [3.8, 4) is 0 Å². The Morgan fingerprint density at radius 2 is 2.09 bits per heavy atom. The maximum Gasteiger partial charge on any atom is 0.255 e. The average Bonchev–Trinajstić information content (AvgIpc) is 2.90. The summed E-state index contributed by atoms with van der Waals surface area (Å²) in [5, 5.41) is 2.88. The molecule has 23 heavy (non-hydrogen) atoms. The van der Waals surface area contributed by atoms with E-state index in [1.165, 1.54) is 0 Å². The number of hydrogen-bond acceptors (Lipinski definition) is 2. The maximum absolute atomic E-state index is 13.2. The summed E-state index contributed by atoms with van der Waals surface area (Å²) in [5.41, 5.74) is 3.03. The Bertz CT molecular complexity index is 729. The smallest absolute Gasteiger partial charge is 0.255 e. The first kappa shape index (κ1) is 15.9. The number of aryl methyl sites for hydroxylation is 2. The van der Waals surface area contributed by atoms with Gasteiger partial charge in [-0.15, -0.1) is 0 Å². The van der Waals surface area contributed by atoms with Crippen molar-refractivity contribution < 1.29 is 13.6 Å². The SMILES string of the molecule is Cc1cc(C)n2ccc(C(=O)NCC3CCC(F)(F)CC3)c2n1. The number of nitrogens with zero attached hydrogens (tertiary/aromatic N) is 2. The van der Waals surface area contributed by atoms with E-state index in [1.807, 2.05) is 30.5 Å². The van der Waals surface area contributed by atoms with Crippen LogP contribution in [0.4, 0.5) is 8.78 Å². The van der Waals surface area contributed by atoms with E-state index in [0.717, 1.165) is 11.4 Å². The highest BCUT2D eigenvalue weighted by atomic mass is 19.3. The number of rotatable bonds is 3. The van der Waals surface area contributed by atoms with Gasteiger partial charge in [-0.2, -0.15) is 0 Å². The number of aromatic nitrogens is 2. The number of carbonyl (C=O) groups is 1. The predicted molar refractivity (Wildman–Crippen MR) is 83.9 cm³/mol. The lowest BCUT2D eigenvalue weighted by Gasteiger charge is -2.28. The van der Waals surface area contributed by atoms with E-state index in [2.05, 4.69) is 10.3 Å². The van der Waals surface area contributed by atoms with E-state index in [1.54, 1.807) is 6.07 Å². The van der Waals surface area contributed by atoms with Crippen LogP contribution in [0.15, 0.2) is 18.3 Å². The van der Waals surface area contributed by atoms with Crippen LogP contribution in [-0.4, -0.2) is 27.8 Å². The fourth-order valence-electron chi connectivity index (χ4n) is 3.21. The molecule has 0 saturated heterocycles. The molecule has 0 spiro atoms. The lowest BCUT2D eigenvalue weighted by molar-refractivity contribution is -0.0452. The van der Waals surface area contributed by atoms with Crippen LogP contribution in [0.3, 0.4) is 0 Å². The van der Waals surface area contributed by atoms with Crippen molar-refractivity contribution in [2.75, 3.05) is 6.54 Å². The number of amides is 1. The molecule has 1 fully saturated rings. The van der Waals surface area contributed by atoms with Gasteiger partial charge in [0, 0.05) is 37.0 Å². The van der Waals surface area contributed by atoms with Crippen LogP contribution >= 0.6 is 0 Å². The number of nitrogens with one attached hydrogen (secondary N) is 1. The number of fused-ring (bicyclic) bond motifs is 1. The molecular weight excluding hydrogens is 300 g/mol. The van der Waals surface area contributed by atoms with E-state index in [9.17, 15) is 13.6 Å². The molecule has 4 nitrogen and oxygen atoms in total. The molecule has 0 aliphatic heterocycles. The first-order chi connectivity index (χ1) is 10.9. The van der Waals surface area contributed by atoms with Gasteiger partial charge in [0.05, 0.1) is 5.56 Å². The standard InChI is InChI=1S/C17H21F2N3O/c1-11-9-12(2)22-8-5-14(15(22)21-11)16(23)20-10-13-3-6-17(18,19)7-4-13/h5,8-9,13H,3-4,6-7,10H2,1-2H3,(H,20,23). The Morgan fingerprint density at radius 3 is 2.78 bits per heavy atom. The highest BCUT2D eigenvalue weighted by molar-refractivity contribution is 6.00. The minimum Gasteiger partial charge on any atom is -0.352 e. The first-order valence-electron chi connectivity index (χ1n) is 7.97. The molecule has 1 aliphatic carbocycles. The summed E-state index contributed by atoms with van der Waals surface area (Å²) in [6, 6.07) is 3.70. The Balaban J connectivity index is 1.67. The molecule has 0 unspecified atom stereocenters. The van der Waals surface area contributed by atoms with E-state index in [0.29, 0.717) is 30.6 Å². The summed E-state index contributed by atoms with van der Waals surface area (Å²) in [7, 11) is 0. The zero-order valence-corrected chi connectivity index (χ0v) is 13.4. The molecule has 2 heterocycles. The Hall–Kier alpha value is -1.98. The van der Waals surface area contributed by atoms with E-state index in [4.69, 9.17) is 0 Å². The quantitative estimate of drug-likeness (QED) is 0.940. The molecule has 1 saturated carbocycles. The molecule has 124 valence electrons. The Kier molecular flexibility index (Phi) is 4.08. The second-order valence-electron chi connectivity index (χ2n) is 6.47. The van der Waals surface area contributed by atoms with Gasteiger partial charge in [0.1, 0.15) is 5.65 Å². The minimum atomic E-state index is -2.53. The van der Waals surface area contributed by atoms with Crippen LogP contribution in [0.1, 0.15) is 47.4 Å². The van der Waals surface area contributed by atoms with Crippen molar-refractivity contribution in [1.82, 2.24) is 14.7 Å². The summed E-state index contributed by atoms with van der Waals surface area (Å²) >= 11 is 0. The third kappa shape index (κ3) is 3.35. The van der Waals surface area contributed by atoms with Gasteiger partial charge in [-0.1, -0.05) is 0 Å². The molecule has 2 aromatic heterocycles. The fourth-order valence-corrected chi connectivity index (χ4v) is 3.21. The lowest BCUT2D eigenvalue weighted by atomic mass is 9.87. The molecule has 0 bridgehead atoms. The molecule has 6 heteroatoms. The van der Waals surface area contributed by atoms with Crippen molar-refractivity contribution in [2.45, 2.75) is 45.5 Å². The molecule has 0 atom stereocenters. The van der Waals surface area contributed by atoms with Crippen molar-refractivity contribution >= 4 is 11.6 Å². The van der Waals surface area contributed by atoms with Gasteiger partial charge < -0.3 is 9.72 Å². The first-order valence-corrected chi connectivity index (χ1v) is 7.97. The molecular formula is C17H21F2N3O. The molecule has 1 aliphatic rings. The van der Waals surface area contributed by atoms with Gasteiger partial charge >= 0.3 is 0 Å². The summed E-state index contributed by atoms with van der Waals surface area (Å²) in [6.07, 6.45) is 2.58. The zero-order chi connectivity index (χ0) is 16.6. The van der Waals surface area contributed by atoms with E-state index >= 15 is 0 Å². The molecule has 1 amide bonds. The molecule has 3 rings (SSSR count). The number of halogens is 2. The van der Waals surface area contributed by atoms with Crippen LogP contribution < -0.4 is 5.32 Å². The molecule has 1 N–H and O–H groups in total. The highest BCUT2D eigenvalue weighted by Gasteiger charge is 2.34. The van der Waals surface area contributed by atoms with Crippen molar-refractivity contribution in [3.63, 3.8) is 0 Å². The molecule has 2 aromatic rings. The number of hydrogen-bond donors (Lipinski definition) is 1.